The van der Waals surface area contributed by atoms with Gasteiger partial charge in [0.25, 0.3) is 5.91 Å². The molecule has 0 spiro atoms. The maximum Gasteiger partial charge on any atom is 0.258 e. The van der Waals surface area contributed by atoms with Gasteiger partial charge in [-0.3, -0.25) is 14.3 Å². The third kappa shape index (κ3) is 2.59. The maximum absolute atomic E-state index is 13.1. The Morgan fingerprint density at radius 3 is 2.92 bits per heavy atom. The van der Waals surface area contributed by atoms with Gasteiger partial charge in [-0.25, -0.2) is 0 Å². The largest absolute Gasteiger partial charge is 0.486 e. The van der Waals surface area contributed by atoms with Crippen molar-refractivity contribution in [3.05, 3.63) is 41.7 Å². The van der Waals surface area contributed by atoms with Crippen molar-refractivity contribution in [1.82, 2.24) is 20.0 Å². The van der Waals surface area contributed by atoms with E-state index >= 15 is 0 Å². The normalized spacial score (nSPS) is 18.4. The Labute approximate surface area is 144 Å². The molecule has 4 rings (SSSR count). The molecule has 2 aromatic rings. The molecule has 130 valence electrons. The smallest absolute Gasteiger partial charge is 0.258 e. The quantitative estimate of drug-likeness (QED) is 0.864. The first kappa shape index (κ1) is 15.5. The van der Waals surface area contributed by atoms with Gasteiger partial charge in [0.05, 0.1) is 24.3 Å². The highest BCUT2D eigenvalue weighted by Crippen LogP contribution is 2.35. The first-order valence-corrected chi connectivity index (χ1v) is 8.11. The van der Waals surface area contributed by atoms with Gasteiger partial charge < -0.3 is 19.7 Å². The Morgan fingerprint density at radius 1 is 1.24 bits per heavy atom. The molecule has 2 aliphatic heterocycles. The number of likely N-dealkylation sites (N-methyl/N-ethyl adjacent to an activating group) is 1. The number of benzene rings is 1. The summed E-state index contributed by atoms with van der Waals surface area (Å²) in [5, 5.41) is 6.85. The molecule has 0 bridgehead atoms. The second-order valence-corrected chi connectivity index (χ2v) is 5.91. The van der Waals surface area contributed by atoms with E-state index in [9.17, 15) is 9.59 Å². The molecule has 8 heteroatoms. The van der Waals surface area contributed by atoms with E-state index in [1.807, 2.05) is 6.07 Å². The van der Waals surface area contributed by atoms with Crippen molar-refractivity contribution in [3.63, 3.8) is 0 Å². The molecule has 2 amide bonds. The van der Waals surface area contributed by atoms with Crippen LogP contribution in [0.25, 0.3) is 0 Å². The zero-order valence-corrected chi connectivity index (χ0v) is 13.8. The van der Waals surface area contributed by atoms with E-state index in [4.69, 9.17) is 9.47 Å². The first-order valence-electron chi connectivity index (χ1n) is 8.11. The van der Waals surface area contributed by atoms with Crippen molar-refractivity contribution in [2.75, 3.05) is 26.8 Å². The number of aromatic nitrogens is 2. The Bertz CT molecular complexity index is 832. The Hall–Kier alpha value is -3.03. The third-order valence-electron chi connectivity index (χ3n) is 4.43. The first-order chi connectivity index (χ1) is 12.2. The molecule has 0 radical (unpaired) electrons. The lowest BCUT2D eigenvalue weighted by molar-refractivity contribution is -0.125. The summed E-state index contributed by atoms with van der Waals surface area (Å²) in [4.78, 5) is 26.9. The Balaban J connectivity index is 1.67. The third-order valence-corrected chi connectivity index (χ3v) is 4.43. The van der Waals surface area contributed by atoms with E-state index in [1.54, 1.807) is 41.0 Å². The van der Waals surface area contributed by atoms with Crippen LogP contribution in [0.1, 0.15) is 22.1 Å². The fraction of sp³-hybridized carbons (Fsp3) is 0.353. The monoisotopic (exact) mass is 342 g/mol. The van der Waals surface area contributed by atoms with Crippen molar-refractivity contribution >= 4 is 11.8 Å². The summed E-state index contributed by atoms with van der Waals surface area (Å²) in [7, 11) is 1.57. The highest BCUT2D eigenvalue weighted by atomic mass is 16.6. The standard InChI is InChI=1S/C17H18N4O4/c1-18-16(22)13-10-20(9-11-5-6-19-21(11)13)17(23)12-3-2-4-14-15(12)25-8-7-24-14/h2-6,13H,7-10H2,1H3,(H,18,22). The van der Waals surface area contributed by atoms with Crippen LogP contribution in [0.3, 0.4) is 0 Å². The summed E-state index contributed by atoms with van der Waals surface area (Å²) in [5.74, 6) is 0.664. The molecule has 8 nitrogen and oxygen atoms in total. The average molecular weight is 342 g/mol. The molecule has 0 saturated carbocycles. The van der Waals surface area contributed by atoms with Gasteiger partial charge in [-0.1, -0.05) is 6.07 Å². The van der Waals surface area contributed by atoms with Crippen LogP contribution in [-0.2, 0) is 11.3 Å². The molecule has 2 aliphatic rings. The van der Waals surface area contributed by atoms with E-state index < -0.39 is 6.04 Å². The number of carbonyl (C=O) groups is 2. The van der Waals surface area contributed by atoms with Crippen molar-refractivity contribution in [2.45, 2.75) is 12.6 Å². The zero-order chi connectivity index (χ0) is 17.4. The number of carbonyl (C=O) groups excluding carboxylic acids is 2. The highest BCUT2D eigenvalue weighted by molar-refractivity contribution is 5.98. The highest BCUT2D eigenvalue weighted by Gasteiger charge is 2.34. The average Bonchev–Trinajstić information content (AvgIpc) is 3.14. The lowest BCUT2D eigenvalue weighted by atomic mass is 10.1. The van der Waals surface area contributed by atoms with Crippen LogP contribution in [0.4, 0.5) is 0 Å². The van der Waals surface area contributed by atoms with Crippen molar-refractivity contribution in [3.8, 4) is 11.5 Å². The van der Waals surface area contributed by atoms with E-state index in [0.717, 1.165) is 5.69 Å². The van der Waals surface area contributed by atoms with Crippen LogP contribution in [0.15, 0.2) is 30.5 Å². The molecule has 1 N–H and O–H groups in total. The molecular formula is C17H18N4O4. The summed E-state index contributed by atoms with van der Waals surface area (Å²) >= 11 is 0. The number of nitrogens with one attached hydrogen (secondary N) is 1. The molecule has 3 heterocycles. The summed E-state index contributed by atoms with van der Waals surface area (Å²) < 4.78 is 12.9. The van der Waals surface area contributed by atoms with Gasteiger partial charge in [-0.15, -0.1) is 0 Å². The van der Waals surface area contributed by atoms with E-state index in [-0.39, 0.29) is 18.4 Å². The van der Waals surface area contributed by atoms with E-state index in [0.29, 0.717) is 36.8 Å². The number of amides is 2. The van der Waals surface area contributed by atoms with Gasteiger partial charge in [-0.2, -0.15) is 5.10 Å². The fourth-order valence-corrected chi connectivity index (χ4v) is 3.22. The summed E-state index contributed by atoms with van der Waals surface area (Å²) in [6.45, 7) is 1.51. The van der Waals surface area contributed by atoms with E-state index in [1.165, 1.54) is 0 Å². The second-order valence-electron chi connectivity index (χ2n) is 5.91. The number of hydrogen-bond acceptors (Lipinski definition) is 5. The van der Waals surface area contributed by atoms with Gasteiger partial charge in [0.1, 0.15) is 19.3 Å². The number of ether oxygens (including phenoxy) is 2. The van der Waals surface area contributed by atoms with Crippen LogP contribution < -0.4 is 14.8 Å². The van der Waals surface area contributed by atoms with Crippen LogP contribution in [0, 0.1) is 0 Å². The molecular weight excluding hydrogens is 324 g/mol. The maximum atomic E-state index is 13.1. The lowest BCUT2D eigenvalue weighted by Gasteiger charge is -2.33. The van der Waals surface area contributed by atoms with Crippen LogP contribution in [-0.4, -0.2) is 53.3 Å². The van der Waals surface area contributed by atoms with Gasteiger partial charge in [0.2, 0.25) is 5.91 Å². The predicted molar refractivity (Wildman–Crippen MR) is 87.5 cm³/mol. The van der Waals surface area contributed by atoms with Crippen LogP contribution in [0.2, 0.25) is 0 Å². The molecule has 0 fully saturated rings. The topological polar surface area (TPSA) is 85.7 Å². The number of hydrogen-bond donors (Lipinski definition) is 1. The minimum Gasteiger partial charge on any atom is -0.486 e. The molecule has 1 aromatic carbocycles. The fourth-order valence-electron chi connectivity index (χ4n) is 3.22. The molecule has 0 saturated heterocycles. The number of para-hydroxylation sites is 1. The van der Waals surface area contributed by atoms with Crippen molar-refractivity contribution < 1.29 is 19.1 Å². The number of rotatable bonds is 2. The van der Waals surface area contributed by atoms with Crippen LogP contribution in [0.5, 0.6) is 11.5 Å². The number of nitrogens with zero attached hydrogens (tertiary/aromatic N) is 3. The zero-order valence-electron chi connectivity index (χ0n) is 13.8. The van der Waals surface area contributed by atoms with E-state index in [2.05, 4.69) is 10.4 Å². The molecule has 1 unspecified atom stereocenters. The van der Waals surface area contributed by atoms with Crippen molar-refractivity contribution in [1.29, 1.82) is 0 Å². The summed E-state index contributed by atoms with van der Waals surface area (Å²) in [6.07, 6.45) is 1.64. The minimum absolute atomic E-state index is 0.183. The number of fused-ring (bicyclic) bond motifs is 2. The van der Waals surface area contributed by atoms with Gasteiger partial charge in [0.15, 0.2) is 11.5 Å². The second kappa shape index (κ2) is 6.12. The van der Waals surface area contributed by atoms with Gasteiger partial charge >= 0.3 is 0 Å². The Kier molecular flexibility index (Phi) is 3.79. The Morgan fingerprint density at radius 2 is 2.08 bits per heavy atom. The van der Waals surface area contributed by atoms with Gasteiger partial charge in [0, 0.05) is 13.2 Å². The minimum atomic E-state index is -0.551. The summed E-state index contributed by atoms with van der Waals surface area (Å²) in [6, 6.07) is 6.53. The molecule has 25 heavy (non-hydrogen) atoms. The molecule has 0 aliphatic carbocycles. The lowest BCUT2D eigenvalue weighted by Crippen LogP contribution is -2.46. The van der Waals surface area contributed by atoms with Crippen LogP contribution >= 0.6 is 0 Å². The molecule has 1 aromatic heterocycles. The van der Waals surface area contributed by atoms with Gasteiger partial charge in [-0.05, 0) is 18.2 Å². The predicted octanol–water partition coefficient (Wildman–Crippen LogP) is 0.597. The summed E-state index contributed by atoms with van der Waals surface area (Å²) in [5.41, 5.74) is 1.26. The molecule has 1 atom stereocenters. The SMILES string of the molecule is CNC(=O)C1CN(C(=O)c2cccc3c2OCCO3)Cc2ccnn21. The van der Waals surface area contributed by atoms with Crippen molar-refractivity contribution in [2.24, 2.45) is 0 Å².